The molecule has 0 aliphatic carbocycles. The highest BCUT2D eigenvalue weighted by Gasteiger charge is 2.25. The van der Waals surface area contributed by atoms with Gasteiger partial charge in [-0.15, -0.1) is 0 Å². The summed E-state index contributed by atoms with van der Waals surface area (Å²) in [6, 6.07) is 10.4. The molecular weight excluding hydrogens is 252 g/mol. The highest BCUT2D eigenvalue weighted by Crippen LogP contribution is 2.38. The van der Waals surface area contributed by atoms with Crippen LogP contribution in [-0.2, 0) is 6.42 Å². The van der Waals surface area contributed by atoms with Crippen molar-refractivity contribution in [3.05, 3.63) is 53.3 Å². The molecule has 1 aromatic carbocycles. The summed E-state index contributed by atoms with van der Waals surface area (Å²) in [7, 11) is 0. The molecule has 4 nitrogen and oxygen atoms in total. The molecule has 2 aromatic rings. The van der Waals surface area contributed by atoms with E-state index < -0.39 is 0 Å². The third kappa shape index (κ3) is 1.93. The van der Waals surface area contributed by atoms with Crippen LogP contribution >= 0.6 is 0 Å². The third-order valence-corrected chi connectivity index (χ3v) is 3.84. The number of hydrogen-bond acceptors (Lipinski definition) is 4. The zero-order valence-corrected chi connectivity index (χ0v) is 11.1. The number of hydrogen-bond donors (Lipinski definition) is 1. The maximum absolute atomic E-state index is 5.70. The van der Waals surface area contributed by atoms with E-state index in [2.05, 4.69) is 28.5 Å². The molecule has 1 aromatic heterocycles. The van der Waals surface area contributed by atoms with Crippen LogP contribution in [0.25, 0.3) is 0 Å². The summed E-state index contributed by atoms with van der Waals surface area (Å²) in [6.07, 6.45) is 2.85. The van der Waals surface area contributed by atoms with Crippen molar-refractivity contribution < 1.29 is 9.47 Å². The molecule has 0 saturated heterocycles. The molecule has 2 aliphatic rings. The normalized spacial score (nSPS) is 20.3. The predicted octanol–water partition coefficient (Wildman–Crippen LogP) is 2.09. The third-order valence-electron chi connectivity index (χ3n) is 3.84. The molecule has 4 rings (SSSR count). The first-order valence-corrected chi connectivity index (χ1v) is 6.98. The zero-order valence-electron chi connectivity index (χ0n) is 11.1. The van der Waals surface area contributed by atoms with Crippen LogP contribution in [0.1, 0.15) is 22.9 Å². The summed E-state index contributed by atoms with van der Waals surface area (Å²) < 4.78 is 11.4. The van der Waals surface area contributed by atoms with Gasteiger partial charge in [0.25, 0.3) is 0 Å². The highest BCUT2D eigenvalue weighted by molar-refractivity contribution is 5.51. The molecule has 20 heavy (non-hydrogen) atoms. The van der Waals surface area contributed by atoms with Gasteiger partial charge in [-0.2, -0.15) is 0 Å². The molecule has 0 amide bonds. The number of nitrogens with one attached hydrogen (secondary N) is 1. The van der Waals surface area contributed by atoms with Gasteiger partial charge >= 0.3 is 0 Å². The molecular formula is C16H16N2O2. The molecule has 2 aliphatic heterocycles. The van der Waals surface area contributed by atoms with Crippen molar-refractivity contribution in [1.29, 1.82) is 0 Å². The van der Waals surface area contributed by atoms with Gasteiger partial charge in [0.05, 0.1) is 11.7 Å². The number of ether oxygens (including phenoxy) is 2. The van der Waals surface area contributed by atoms with Crippen LogP contribution in [0.3, 0.4) is 0 Å². The van der Waals surface area contributed by atoms with Crippen molar-refractivity contribution in [1.82, 2.24) is 10.3 Å². The van der Waals surface area contributed by atoms with Gasteiger partial charge in [0.2, 0.25) is 0 Å². The number of nitrogens with zero attached hydrogens (tertiary/aromatic N) is 1. The number of fused-ring (bicyclic) bond motifs is 2. The van der Waals surface area contributed by atoms with Gasteiger partial charge in [-0.25, -0.2) is 0 Å². The van der Waals surface area contributed by atoms with E-state index >= 15 is 0 Å². The van der Waals surface area contributed by atoms with Crippen LogP contribution in [0.5, 0.6) is 11.5 Å². The van der Waals surface area contributed by atoms with E-state index in [1.807, 2.05) is 18.3 Å². The second-order valence-electron chi connectivity index (χ2n) is 5.09. The van der Waals surface area contributed by atoms with Crippen LogP contribution in [0.4, 0.5) is 0 Å². The Hall–Kier alpha value is -2.07. The summed E-state index contributed by atoms with van der Waals surface area (Å²) in [6.45, 7) is 2.20. The van der Waals surface area contributed by atoms with E-state index in [0.29, 0.717) is 13.2 Å². The van der Waals surface area contributed by atoms with Gasteiger partial charge in [-0.1, -0.05) is 6.07 Å². The fraction of sp³-hybridized carbons (Fsp3) is 0.312. The smallest absolute Gasteiger partial charge is 0.161 e. The fourth-order valence-electron chi connectivity index (χ4n) is 2.90. The Kier molecular flexibility index (Phi) is 2.81. The minimum atomic E-state index is 0.135. The molecule has 4 heteroatoms. The lowest BCUT2D eigenvalue weighted by molar-refractivity contribution is 0.171. The predicted molar refractivity (Wildman–Crippen MR) is 75.2 cm³/mol. The van der Waals surface area contributed by atoms with Crippen LogP contribution in [0.2, 0.25) is 0 Å². The minimum absolute atomic E-state index is 0.135. The Morgan fingerprint density at radius 1 is 1.10 bits per heavy atom. The maximum atomic E-state index is 5.70. The Balaban J connectivity index is 1.80. The van der Waals surface area contributed by atoms with Gasteiger partial charge in [0.15, 0.2) is 11.5 Å². The van der Waals surface area contributed by atoms with Crippen LogP contribution in [0.15, 0.2) is 36.5 Å². The summed E-state index contributed by atoms with van der Waals surface area (Å²) in [5, 5.41) is 3.54. The van der Waals surface area contributed by atoms with Gasteiger partial charge in [-0.05, 0) is 41.8 Å². The van der Waals surface area contributed by atoms with E-state index in [4.69, 9.17) is 9.47 Å². The van der Waals surface area contributed by atoms with Crippen molar-refractivity contribution in [2.75, 3.05) is 19.8 Å². The molecule has 0 saturated carbocycles. The Morgan fingerprint density at radius 3 is 2.75 bits per heavy atom. The lowest BCUT2D eigenvalue weighted by Crippen LogP contribution is -2.31. The molecule has 102 valence electrons. The molecule has 0 spiro atoms. The zero-order chi connectivity index (χ0) is 13.4. The highest BCUT2D eigenvalue weighted by atomic mass is 16.6. The van der Waals surface area contributed by atoms with E-state index in [1.165, 1.54) is 11.1 Å². The number of rotatable bonds is 1. The quantitative estimate of drug-likeness (QED) is 0.860. The Labute approximate surface area is 117 Å². The number of aromatic nitrogens is 1. The van der Waals surface area contributed by atoms with Gasteiger partial charge in [-0.3, -0.25) is 4.98 Å². The van der Waals surface area contributed by atoms with Gasteiger partial charge < -0.3 is 14.8 Å². The summed E-state index contributed by atoms with van der Waals surface area (Å²) >= 11 is 0. The maximum Gasteiger partial charge on any atom is 0.161 e. The lowest BCUT2D eigenvalue weighted by Gasteiger charge is -2.29. The van der Waals surface area contributed by atoms with Crippen molar-refractivity contribution in [3.63, 3.8) is 0 Å². The van der Waals surface area contributed by atoms with E-state index in [9.17, 15) is 0 Å². The molecule has 1 N–H and O–H groups in total. The molecule has 3 heterocycles. The first kappa shape index (κ1) is 11.7. The average Bonchev–Trinajstić information content (AvgIpc) is 2.53. The first-order chi connectivity index (χ1) is 9.92. The summed E-state index contributed by atoms with van der Waals surface area (Å²) in [5.74, 6) is 1.72. The van der Waals surface area contributed by atoms with Gasteiger partial charge in [0.1, 0.15) is 13.2 Å². The van der Waals surface area contributed by atoms with Crippen LogP contribution in [-0.4, -0.2) is 24.7 Å². The second kappa shape index (κ2) is 4.80. The topological polar surface area (TPSA) is 43.4 Å². The molecule has 0 radical (unpaired) electrons. The lowest BCUT2D eigenvalue weighted by atomic mass is 9.91. The van der Waals surface area contributed by atoms with Crippen molar-refractivity contribution in [3.8, 4) is 11.5 Å². The fourth-order valence-corrected chi connectivity index (χ4v) is 2.90. The standard InChI is InChI=1S/C16H16N2O2/c1-2-5-17-13(3-1)16-12-10-15-14(19-7-8-20-15)9-11(12)4-6-18-16/h1-3,5,9-10,16,18H,4,6-8H2. The average molecular weight is 268 g/mol. The molecule has 0 bridgehead atoms. The van der Waals surface area contributed by atoms with Crippen LogP contribution < -0.4 is 14.8 Å². The molecule has 0 fully saturated rings. The van der Waals surface area contributed by atoms with Crippen LogP contribution in [0, 0.1) is 0 Å². The van der Waals surface area contributed by atoms with Crippen molar-refractivity contribution in [2.45, 2.75) is 12.5 Å². The monoisotopic (exact) mass is 268 g/mol. The van der Waals surface area contributed by atoms with E-state index in [1.54, 1.807) is 0 Å². The van der Waals surface area contributed by atoms with Crippen molar-refractivity contribution in [2.24, 2.45) is 0 Å². The second-order valence-corrected chi connectivity index (χ2v) is 5.09. The summed E-state index contributed by atoms with van der Waals surface area (Å²) in [4.78, 5) is 4.48. The largest absolute Gasteiger partial charge is 0.486 e. The molecule has 1 atom stereocenters. The Morgan fingerprint density at radius 2 is 1.95 bits per heavy atom. The number of pyridine rings is 1. The first-order valence-electron chi connectivity index (χ1n) is 6.98. The Bertz CT molecular complexity index is 628. The number of benzene rings is 1. The van der Waals surface area contributed by atoms with E-state index in [-0.39, 0.29) is 6.04 Å². The molecule has 1 unspecified atom stereocenters. The van der Waals surface area contributed by atoms with Gasteiger partial charge in [0, 0.05) is 12.7 Å². The summed E-state index contributed by atoms with van der Waals surface area (Å²) in [5.41, 5.74) is 3.62. The van der Waals surface area contributed by atoms with Crippen molar-refractivity contribution >= 4 is 0 Å². The minimum Gasteiger partial charge on any atom is -0.486 e. The SMILES string of the molecule is c1ccc(C2NCCc3cc4c(cc32)OCCO4)nc1. The van der Waals surface area contributed by atoms with E-state index in [0.717, 1.165) is 30.2 Å².